The minimum absolute atomic E-state index is 0.731. The summed E-state index contributed by atoms with van der Waals surface area (Å²) in [7, 11) is 0. The van der Waals surface area contributed by atoms with E-state index in [2.05, 4.69) is 18.3 Å². The van der Waals surface area contributed by atoms with Crippen LogP contribution in [-0.4, -0.2) is 19.8 Å². The first-order valence-corrected chi connectivity index (χ1v) is 5.93. The Morgan fingerprint density at radius 3 is 2.88 bits per heavy atom. The molecule has 1 aliphatic heterocycles. The largest absolute Gasteiger partial charge is 0.399 e. The number of nitrogen functional groups attached to an aromatic ring is 1. The van der Waals surface area contributed by atoms with Crippen molar-refractivity contribution in [3.63, 3.8) is 0 Å². The molecule has 3 nitrogen and oxygen atoms in total. The summed E-state index contributed by atoms with van der Waals surface area (Å²) in [5.74, 6) is 0.731. The molecule has 88 valence electrons. The Hall–Kier alpha value is -1.22. The van der Waals surface area contributed by atoms with Crippen LogP contribution >= 0.6 is 0 Å². The van der Waals surface area contributed by atoms with Gasteiger partial charge in [0.05, 0.1) is 0 Å². The molecule has 0 radical (unpaired) electrons. The summed E-state index contributed by atoms with van der Waals surface area (Å²) in [6.45, 7) is 4.93. The highest BCUT2D eigenvalue weighted by Gasteiger charge is 2.13. The van der Waals surface area contributed by atoms with Gasteiger partial charge < -0.3 is 15.8 Å². The third-order valence-corrected chi connectivity index (χ3v) is 3.18. The Labute approximate surface area is 97.0 Å². The van der Waals surface area contributed by atoms with E-state index in [0.717, 1.165) is 49.9 Å². The zero-order valence-corrected chi connectivity index (χ0v) is 9.83. The molecule has 1 aromatic rings. The SMILES string of the molecule is Cc1ccc(N)cc1NCC1CCOCC1. The van der Waals surface area contributed by atoms with Crippen LogP contribution in [0.3, 0.4) is 0 Å². The fourth-order valence-electron chi connectivity index (χ4n) is 2.03. The normalized spacial score (nSPS) is 17.3. The van der Waals surface area contributed by atoms with Crippen molar-refractivity contribution in [3.05, 3.63) is 23.8 Å². The van der Waals surface area contributed by atoms with E-state index in [4.69, 9.17) is 10.5 Å². The summed E-state index contributed by atoms with van der Waals surface area (Å²) in [6, 6.07) is 6.01. The molecule has 16 heavy (non-hydrogen) atoms. The Kier molecular flexibility index (Phi) is 3.67. The predicted octanol–water partition coefficient (Wildman–Crippen LogP) is 2.42. The van der Waals surface area contributed by atoms with Crippen molar-refractivity contribution >= 4 is 11.4 Å². The second-order valence-corrected chi connectivity index (χ2v) is 4.51. The summed E-state index contributed by atoms with van der Waals surface area (Å²) in [5, 5.41) is 3.49. The van der Waals surface area contributed by atoms with Gasteiger partial charge in [-0.05, 0) is 43.4 Å². The molecular weight excluding hydrogens is 200 g/mol. The topological polar surface area (TPSA) is 47.3 Å². The van der Waals surface area contributed by atoms with Gasteiger partial charge >= 0.3 is 0 Å². The van der Waals surface area contributed by atoms with Gasteiger partial charge in [0, 0.05) is 31.1 Å². The molecule has 1 aliphatic rings. The summed E-state index contributed by atoms with van der Waals surface area (Å²) >= 11 is 0. The highest BCUT2D eigenvalue weighted by atomic mass is 16.5. The van der Waals surface area contributed by atoms with E-state index in [1.54, 1.807) is 0 Å². The first-order valence-electron chi connectivity index (χ1n) is 5.93. The number of hydrogen-bond donors (Lipinski definition) is 2. The lowest BCUT2D eigenvalue weighted by molar-refractivity contribution is 0.0699. The second-order valence-electron chi connectivity index (χ2n) is 4.51. The Balaban J connectivity index is 1.90. The summed E-state index contributed by atoms with van der Waals surface area (Å²) in [6.07, 6.45) is 2.32. The number of nitrogens with one attached hydrogen (secondary N) is 1. The van der Waals surface area contributed by atoms with Crippen LogP contribution in [0.5, 0.6) is 0 Å². The molecule has 0 aliphatic carbocycles. The van der Waals surface area contributed by atoms with Crippen LogP contribution < -0.4 is 11.1 Å². The summed E-state index contributed by atoms with van der Waals surface area (Å²) < 4.78 is 5.35. The van der Waals surface area contributed by atoms with E-state index in [1.807, 2.05) is 12.1 Å². The molecule has 0 aromatic heterocycles. The molecule has 1 fully saturated rings. The molecule has 1 heterocycles. The van der Waals surface area contributed by atoms with Gasteiger partial charge in [0.15, 0.2) is 0 Å². The maximum Gasteiger partial charge on any atom is 0.0469 e. The van der Waals surface area contributed by atoms with Gasteiger partial charge in [0.2, 0.25) is 0 Å². The van der Waals surface area contributed by atoms with Crippen molar-refractivity contribution in [1.82, 2.24) is 0 Å². The quantitative estimate of drug-likeness (QED) is 0.769. The van der Waals surface area contributed by atoms with E-state index < -0.39 is 0 Å². The molecule has 2 rings (SSSR count). The summed E-state index contributed by atoms with van der Waals surface area (Å²) in [5.41, 5.74) is 9.01. The van der Waals surface area contributed by atoms with Crippen LogP contribution in [0.15, 0.2) is 18.2 Å². The fourth-order valence-corrected chi connectivity index (χ4v) is 2.03. The maximum absolute atomic E-state index is 5.78. The lowest BCUT2D eigenvalue weighted by atomic mass is 10.00. The van der Waals surface area contributed by atoms with E-state index in [0.29, 0.717) is 0 Å². The highest BCUT2D eigenvalue weighted by Crippen LogP contribution is 2.20. The number of benzene rings is 1. The van der Waals surface area contributed by atoms with Crippen LogP contribution in [0.25, 0.3) is 0 Å². The molecular formula is C13H20N2O. The van der Waals surface area contributed by atoms with Gasteiger partial charge in [-0.2, -0.15) is 0 Å². The van der Waals surface area contributed by atoms with Crippen molar-refractivity contribution in [2.24, 2.45) is 5.92 Å². The maximum atomic E-state index is 5.78. The van der Waals surface area contributed by atoms with Gasteiger partial charge in [-0.25, -0.2) is 0 Å². The minimum Gasteiger partial charge on any atom is -0.399 e. The lowest BCUT2D eigenvalue weighted by Crippen LogP contribution is -2.22. The molecule has 0 saturated carbocycles. The smallest absolute Gasteiger partial charge is 0.0469 e. The molecule has 1 aromatic carbocycles. The standard InChI is InChI=1S/C13H20N2O/c1-10-2-3-12(14)8-13(10)15-9-11-4-6-16-7-5-11/h2-3,8,11,15H,4-7,9,14H2,1H3. The Morgan fingerprint density at radius 1 is 1.38 bits per heavy atom. The van der Waals surface area contributed by atoms with Crippen LogP contribution in [0.1, 0.15) is 18.4 Å². The van der Waals surface area contributed by atoms with Crippen LogP contribution in [-0.2, 0) is 4.74 Å². The monoisotopic (exact) mass is 220 g/mol. The molecule has 1 saturated heterocycles. The first kappa shape index (κ1) is 11.3. The zero-order chi connectivity index (χ0) is 11.4. The minimum atomic E-state index is 0.731. The number of anilines is 2. The molecule has 3 heteroatoms. The van der Waals surface area contributed by atoms with Gasteiger partial charge in [-0.15, -0.1) is 0 Å². The first-order chi connectivity index (χ1) is 7.75. The molecule has 0 unspecified atom stereocenters. The van der Waals surface area contributed by atoms with Crippen molar-refractivity contribution in [2.75, 3.05) is 30.8 Å². The number of hydrogen-bond acceptors (Lipinski definition) is 3. The Morgan fingerprint density at radius 2 is 2.12 bits per heavy atom. The van der Waals surface area contributed by atoms with Crippen LogP contribution in [0, 0.1) is 12.8 Å². The third-order valence-electron chi connectivity index (χ3n) is 3.18. The summed E-state index contributed by atoms with van der Waals surface area (Å²) in [4.78, 5) is 0. The number of ether oxygens (including phenoxy) is 1. The zero-order valence-electron chi connectivity index (χ0n) is 9.83. The van der Waals surface area contributed by atoms with Crippen molar-refractivity contribution in [1.29, 1.82) is 0 Å². The predicted molar refractivity (Wildman–Crippen MR) is 67.6 cm³/mol. The highest BCUT2D eigenvalue weighted by molar-refractivity contribution is 5.59. The van der Waals surface area contributed by atoms with Gasteiger partial charge in [0.1, 0.15) is 0 Å². The van der Waals surface area contributed by atoms with Gasteiger partial charge in [-0.3, -0.25) is 0 Å². The number of nitrogens with two attached hydrogens (primary N) is 1. The average Bonchev–Trinajstić information content (AvgIpc) is 2.32. The Bertz CT molecular complexity index is 346. The van der Waals surface area contributed by atoms with Crippen molar-refractivity contribution in [3.8, 4) is 0 Å². The van der Waals surface area contributed by atoms with Gasteiger partial charge in [0.25, 0.3) is 0 Å². The van der Waals surface area contributed by atoms with Crippen molar-refractivity contribution in [2.45, 2.75) is 19.8 Å². The lowest BCUT2D eigenvalue weighted by Gasteiger charge is -2.23. The average molecular weight is 220 g/mol. The fraction of sp³-hybridized carbons (Fsp3) is 0.538. The van der Waals surface area contributed by atoms with Gasteiger partial charge in [-0.1, -0.05) is 6.07 Å². The molecule has 0 bridgehead atoms. The molecule has 0 amide bonds. The van der Waals surface area contributed by atoms with E-state index in [1.165, 1.54) is 5.56 Å². The van der Waals surface area contributed by atoms with Crippen molar-refractivity contribution < 1.29 is 4.74 Å². The molecule has 3 N–H and O–H groups in total. The third kappa shape index (κ3) is 2.89. The number of rotatable bonds is 3. The molecule has 0 spiro atoms. The van der Waals surface area contributed by atoms with E-state index in [-0.39, 0.29) is 0 Å². The van der Waals surface area contributed by atoms with E-state index in [9.17, 15) is 0 Å². The second kappa shape index (κ2) is 5.21. The number of aryl methyl sites for hydroxylation is 1. The molecule has 0 atom stereocenters. The van der Waals surface area contributed by atoms with Crippen LogP contribution in [0.2, 0.25) is 0 Å². The van der Waals surface area contributed by atoms with E-state index >= 15 is 0 Å². The van der Waals surface area contributed by atoms with Crippen LogP contribution in [0.4, 0.5) is 11.4 Å².